The van der Waals surface area contributed by atoms with Crippen molar-refractivity contribution in [1.29, 1.82) is 0 Å². The van der Waals surface area contributed by atoms with Crippen LogP contribution >= 0.6 is 0 Å². The van der Waals surface area contributed by atoms with Crippen LogP contribution in [0.15, 0.2) is 54.9 Å². The summed E-state index contributed by atoms with van der Waals surface area (Å²) in [5.41, 5.74) is 4.04. The van der Waals surface area contributed by atoms with Gasteiger partial charge in [-0.2, -0.15) is 14.6 Å². The Hall–Kier alpha value is -4.14. The van der Waals surface area contributed by atoms with Crippen molar-refractivity contribution < 1.29 is 14.3 Å². The third-order valence-corrected chi connectivity index (χ3v) is 6.90. The first-order valence-electron chi connectivity index (χ1n) is 12.3. The number of hydrogen-bond donors (Lipinski definition) is 1. The Labute approximate surface area is 209 Å². The molecular formula is C27H28N6O3. The lowest BCUT2D eigenvalue weighted by molar-refractivity contribution is -0.120. The van der Waals surface area contributed by atoms with Gasteiger partial charge in [0.1, 0.15) is 25.4 Å². The maximum Gasteiger partial charge on any atom is 0.254 e. The van der Waals surface area contributed by atoms with Gasteiger partial charge in [0.05, 0.1) is 0 Å². The van der Waals surface area contributed by atoms with E-state index in [-0.39, 0.29) is 11.8 Å². The van der Waals surface area contributed by atoms with E-state index >= 15 is 0 Å². The molecule has 9 heteroatoms. The standard InChI is InChI=1S/C27H28N6O3/c1-18-22(15-19-5-3-2-4-6-19)26(33-27(30-18)28-17-29-33)32-11-9-20(10-12-32)25(34)31-21-7-8-23-24(16-21)36-14-13-35-23/h2-8,16-17,20H,9-15H2,1H3,(H,31,34). The molecule has 1 saturated heterocycles. The van der Waals surface area contributed by atoms with Crippen molar-refractivity contribution in [1.82, 2.24) is 19.6 Å². The van der Waals surface area contributed by atoms with E-state index < -0.39 is 0 Å². The Bertz CT molecular complexity index is 1400. The Morgan fingerprint density at radius 1 is 1.06 bits per heavy atom. The second kappa shape index (κ2) is 9.49. The van der Waals surface area contributed by atoms with Crippen LogP contribution in [0.2, 0.25) is 0 Å². The predicted molar refractivity (Wildman–Crippen MR) is 136 cm³/mol. The maximum absolute atomic E-state index is 13.1. The number of amides is 1. The number of hydrogen-bond acceptors (Lipinski definition) is 7. The highest BCUT2D eigenvalue weighted by atomic mass is 16.6. The minimum Gasteiger partial charge on any atom is -0.486 e. The van der Waals surface area contributed by atoms with Crippen LogP contribution in [0.25, 0.3) is 5.78 Å². The number of aromatic nitrogens is 4. The van der Waals surface area contributed by atoms with E-state index in [0.717, 1.165) is 55.1 Å². The number of aryl methyl sites for hydroxylation is 1. The van der Waals surface area contributed by atoms with Gasteiger partial charge in [0, 0.05) is 48.4 Å². The number of carbonyl (C=O) groups is 1. The average molecular weight is 485 g/mol. The lowest BCUT2D eigenvalue weighted by Crippen LogP contribution is -2.39. The molecule has 36 heavy (non-hydrogen) atoms. The fourth-order valence-corrected chi connectivity index (χ4v) is 5.02. The molecule has 1 N–H and O–H groups in total. The quantitative estimate of drug-likeness (QED) is 0.462. The maximum atomic E-state index is 13.1. The minimum atomic E-state index is -0.0683. The van der Waals surface area contributed by atoms with Gasteiger partial charge in [0.15, 0.2) is 11.5 Å². The molecule has 0 bridgehead atoms. The van der Waals surface area contributed by atoms with E-state index in [0.29, 0.717) is 30.5 Å². The average Bonchev–Trinajstić information content (AvgIpc) is 3.37. The predicted octanol–water partition coefficient (Wildman–Crippen LogP) is 3.65. The summed E-state index contributed by atoms with van der Waals surface area (Å²) in [6.45, 7) is 4.59. The van der Waals surface area contributed by atoms with Crippen LogP contribution in [0.3, 0.4) is 0 Å². The van der Waals surface area contributed by atoms with E-state index in [9.17, 15) is 4.79 Å². The molecule has 0 atom stereocenters. The van der Waals surface area contributed by atoms with Crippen molar-refractivity contribution in [2.45, 2.75) is 26.2 Å². The third-order valence-electron chi connectivity index (χ3n) is 6.90. The van der Waals surface area contributed by atoms with Gasteiger partial charge in [0.2, 0.25) is 5.91 Å². The van der Waals surface area contributed by atoms with E-state index in [2.05, 4.69) is 49.5 Å². The van der Waals surface area contributed by atoms with Gasteiger partial charge in [-0.3, -0.25) is 4.79 Å². The summed E-state index contributed by atoms with van der Waals surface area (Å²) in [6.07, 6.45) is 3.80. The summed E-state index contributed by atoms with van der Waals surface area (Å²) in [5, 5.41) is 7.55. The molecule has 2 aliphatic rings. The van der Waals surface area contributed by atoms with Gasteiger partial charge in [-0.25, -0.2) is 4.98 Å². The van der Waals surface area contributed by atoms with Gasteiger partial charge in [0.25, 0.3) is 5.78 Å². The smallest absolute Gasteiger partial charge is 0.254 e. The molecule has 4 heterocycles. The van der Waals surface area contributed by atoms with E-state index in [1.807, 2.05) is 35.7 Å². The van der Waals surface area contributed by atoms with Crippen LogP contribution in [0.5, 0.6) is 11.5 Å². The molecule has 6 rings (SSSR count). The molecule has 2 aromatic heterocycles. The van der Waals surface area contributed by atoms with E-state index in [1.54, 1.807) is 6.33 Å². The number of rotatable bonds is 5. The van der Waals surface area contributed by atoms with Crippen LogP contribution in [-0.2, 0) is 11.2 Å². The highest BCUT2D eigenvalue weighted by Crippen LogP contribution is 2.34. The molecule has 0 aliphatic carbocycles. The van der Waals surface area contributed by atoms with Gasteiger partial charge in [-0.05, 0) is 37.5 Å². The molecule has 1 amide bonds. The van der Waals surface area contributed by atoms with Gasteiger partial charge in [-0.1, -0.05) is 30.3 Å². The number of benzene rings is 2. The molecule has 0 unspecified atom stereocenters. The molecule has 0 saturated carbocycles. The summed E-state index contributed by atoms with van der Waals surface area (Å²) in [4.78, 5) is 24.4. The minimum absolute atomic E-state index is 0.0349. The molecule has 2 aromatic carbocycles. The molecule has 9 nitrogen and oxygen atoms in total. The van der Waals surface area contributed by atoms with Crippen molar-refractivity contribution in [2.24, 2.45) is 5.92 Å². The fourth-order valence-electron chi connectivity index (χ4n) is 5.02. The summed E-state index contributed by atoms with van der Waals surface area (Å²) < 4.78 is 13.1. The lowest BCUT2D eigenvalue weighted by atomic mass is 9.95. The number of nitrogens with zero attached hydrogens (tertiary/aromatic N) is 5. The van der Waals surface area contributed by atoms with Crippen molar-refractivity contribution in [3.8, 4) is 11.5 Å². The van der Waals surface area contributed by atoms with E-state index in [1.165, 1.54) is 5.56 Å². The fraction of sp³-hybridized carbons (Fsp3) is 0.333. The van der Waals surface area contributed by atoms with Gasteiger partial charge in [-0.15, -0.1) is 0 Å². The van der Waals surface area contributed by atoms with Crippen molar-refractivity contribution in [2.75, 3.05) is 36.5 Å². The van der Waals surface area contributed by atoms with Crippen LogP contribution in [0, 0.1) is 12.8 Å². The second-order valence-electron chi connectivity index (χ2n) is 9.24. The monoisotopic (exact) mass is 484 g/mol. The number of piperidine rings is 1. The van der Waals surface area contributed by atoms with Crippen LogP contribution in [0.1, 0.15) is 29.7 Å². The SMILES string of the molecule is Cc1nc2ncnn2c(N2CCC(C(=O)Nc3ccc4c(c3)OCCO4)CC2)c1Cc1ccccc1. The van der Waals surface area contributed by atoms with Gasteiger partial charge < -0.3 is 19.7 Å². The number of nitrogens with one attached hydrogen (secondary N) is 1. The summed E-state index contributed by atoms with van der Waals surface area (Å²) in [7, 11) is 0. The number of anilines is 2. The number of fused-ring (bicyclic) bond motifs is 2. The van der Waals surface area contributed by atoms with Crippen LogP contribution < -0.4 is 19.7 Å². The van der Waals surface area contributed by atoms with E-state index in [4.69, 9.17) is 9.47 Å². The zero-order chi connectivity index (χ0) is 24.5. The third kappa shape index (κ3) is 4.32. The number of ether oxygens (including phenoxy) is 2. The van der Waals surface area contributed by atoms with Gasteiger partial charge >= 0.3 is 0 Å². The second-order valence-corrected chi connectivity index (χ2v) is 9.24. The lowest BCUT2D eigenvalue weighted by Gasteiger charge is -2.34. The largest absolute Gasteiger partial charge is 0.486 e. The Balaban J connectivity index is 1.19. The topological polar surface area (TPSA) is 93.9 Å². The van der Waals surface area contributed by atoms with Crippen molar-refractivity contribution in [3.05, 3.63) is 71.7 Å². The summed E-state index contributed by atoms with van der Waals surface area (Å²) >= 11 is 0. The Kier molecular flexibility index (Phi) is 5.88. The molecule has 0 spiro atoms. The highest BCUT2D eigenvalue weighted by molar-refractivity contribution is 5.93. The molecular weight excluding hydrogens is 456 g/mol. The van der Waals surface area contributed by atoms with Crippen molar-refractivity contribution >= 4 is 23.2 Å². The van der Waals surface area contributed by atoms with Crippen molar-refractivity contribution in [3.63, 3.8) is 0 Å². The van der Waals surface area contributed by atoms with Crippen LogP contribution in [0.4, 0.5) is 11.5 Å². The first-order chi connectivity index (χ1) is 17.7. The first kappa shape index (κ1) is 22.3. The Morgan fingerprint density at radius 3 is 2.64 bits per heavy atom. The molecule has 0 radical (unpaired) electrons. The highest BCUT2D eigenvalue weighted by Gasteiger charge is 2.29. The molecule has 2 aliphatic heterocycles. The number of carbonyl (C=O) groups excluding carboxylic acids is 1. The van der Waals surface area contributed by atoms with Crippen LogP contribution in [-0.4, -0.2) is 51.8 Å². The molecule has 184 valence electrons. The normalized spacial score (nSPS) is 15.8. The summed E-state index contributed by atoms with van der Waals surface area (Å²) in [5.74, 6) is 2.96. The first-order valence-corrected chi connectivity index (χ1v) is 12.3. The zero-order valence-electron chi connectivity index (χ0n) is 20.2. The Morgan fingerprint density at radius 2 is 1.83 bits per heavy atom. The molecule has 4 aromatic rings. The zero-order valence-corrected chi connectivity index (χ0v) is 20.2. The summed E-state index contributed by atoms with van der Waals surface area (Å²) in [6, 6.07) is 15.9. The molecule has 1 fully saturated rings.